The van der Waals surface area contributed by atoms with Crippen molar-refractivity contribution in [1.29, 1.82) is 0 Å². The Labute approximate surface area is 86.3 Å². The SMILES string of the molecule is [CH-]=C(C=C)CCCC.[Cl-].[Mg+2]. The van der Waals surface area contributed by atoms with Crippen LogP contribution in [0.4, 0.5) is 0 Å². The van der Waals surface area contributed by atoms with E-state index in [9.17, 15) is 0 Å². The molecule has 0 saturated carbocycles. The minimum Gasteiger partial charge on any atom is -1.00 e. The smallest absolute Gasteiger partial charge is 1.00 e. The van der Waals surface area contributed by atoms with Crippen molar-refractivity contribution in [3.8, 4) is 0 Å². The van der Waals surface area contributed by atoms with Gasteiger partial charge in [0.1, 0.15) is 0 Å². The number of unbranched alkanes of at least 4 members (excludes halogenated alkanes) is 1. The predicted octanol–water partition coefficient (Wildman–Crippen LogP) is -0.655. The van der Waals surface area contributed by atoms with Crippen LogP contribution in [0.2, 0.25) is 0 Å². The standard InChI is InChI=1S/C8H13.ClH.Mg/c1-4-6-7-8(3)5-2;;/h3,5H,2,4,6-7H2,1H3;1H;/q-1;;+2/p-1. The second kappa shape index (κ2) is 12.2. The summed E-state index contributed by atoms with van der Waals surface area (Å²) in [5, 5.41) is 0. The van der Waals surface area contributed by atoms with Crippen LogP contribution in [-0.2, 0) is 0 Å². The zero-order valence-electron chi connectivity index (χ0n) is 6.57. The molecule has 0 fully saturated rings. The van der Waals surface area contributed by atoms with E-state index in [0.717, 1.165) is 12.0 Å². The average molecular weight is 169 g/mol. The average Bonchev–Trinajstić information content (AvgIpc) is 1.83. The van der Waals surface area contributed by atoms with E-state index in [2.05, 4.69) is 13.5 Å². The van der Waals surface area contributed by atoms with Crippen LogP contribution in [0.15, 0.2) is 18.2 Å². The van der Waals surface area contributed by atoms with E-state index < -0.39 is 0 Å². The summed E-state index contributed by atoms with van der Waals surface area (Å²) in [6.45, 7) is 11.2. The van der Waals surface area contributed by atoms with Crippen LogP contribution in [0.3, 0.4) is 0 Å². The molecule has 0 aliphatic heterocycles. The van der Waals surface area contributed by atoms with Crippen molar-refractivity contribution >= 4 is 23.1 Å². The first-order valence-corrected chi connectivity index (χ1v) is 3.05. The quantitative estimate of drug-likeness (QED) is 0.298. The maximum absolute atomic E-state index is 5.46. The molecule has 0 N–H and O–H groups in total. The van der Waals surface area contributed by atoms with Crippen molar-refractivity contribution in [2.24, 2.45) is 0 Å². The van der Waals surface area contributed by atoms with Crippen molar-refractivity contribution in [3.63, 3.8) is 0 Å². The minimum absolute atomic E-state index is 0. The van der Waals surface area contributed by atoms with Crippen molar-refractivity contribution in [1.82, 2.24) is 0 Å². The van der Waals surface area contributed by atoms with Gasteiger partial charge in [-0.05, 0) is 0 Å². The van der Waals surface area contributed by atoms with Crippen LogP contribution in [0.25, 0.3) is 0 Å². The molecular formula is C8H13ClMg. The van der Waals surface area contributed by atoms with Gasteiger partial charge < -0.3 is 12.4 Å². The van der Waals surface area contributed by atoms with Crippen LogP contribution in [-0.4, -0.2) is 23.1 Å². The Bertz CT molecular complexity index is 89.3. The van der Waals surface area contributed by atoms with Gasteiger partial charge in [0.05, 0.1) is 0 Å². The Kier molecular flexibility index (Phi) is 20.6. The molecule has 0 aromatic heterocycles. The third kappa shape index (κ3) is 11.3. The van der Waals surface area contributed by atoms with E-state index in [0.29, 0.717) is 0 Å². The van der Waals surface area contributed by atoms with E-state index in [1.54, 1.807) is 6.08 Å². The maximum Gasteiger partial charge on any atom is 2.00 e. The fraction of sp³-hybridized carbons (Fsp3) is 0.500. The van der Waals surface area contributed by atoms with Gasteiger partial charge >= 0.3 is 23.1 Å². The number of hydrogen-bond acceptors (Lipinski definition) is 0. The fourth-order valence-electron chi connectivity index (χ4n) is 0.483. The summed E-state index contributed by atoms with van der Waals surface area (Å²) >= 11 is 0. The number of allylic oxidation sites excluding steroid dienone is 2. The van der Waals surface area contributed by atoms with E-state index in [4.69, 9.17) is 6.58 Å². The van der Waals surface area contributed by atoms with Crippen LogP contribution in [0.1, 0.15) is 26.2 Å². The van der Waals surface area contributed by atoms with Gasteiger partial charge in [0.2, 0.25) is 0 Å². The third-order valence-corrected chi connectivity index (χ3v) is 1.08. The molecule has 0 atom stereocenters. The Morgan fingerprint density at radius 3 is 2.40 bits per heavy atom. The van der Waals surface area contributed by atoms with Gasteiger partial charge in [-0.2, -0.15) is 6.58 Å². The van der Waals surface area contributed by atoms with Gasteiger partial charge in [0, 0.05) is 0 Å². The molecule has 0 heterocycles. The monoisotopic (exact) mass is 168 g/mol. The Balaban J connectivity index is -0.000000245. The molecule has 0 radical (unpaired) electrons. The minimum atomic E-state index is 0. The molecule has 0 rings (SSSR count). The molecule has 0 aromatic rings. The van der Waals surface area contributed by atoms with Crippen LogP contribution in [0, 0.1) is 6.58 Å². The molecule has 0 aromatic carbocycles. The van der Waals surface area contributed by atoms with Gasteiger partial charge in [0.25, 0.3) is 0 Å². The number of hydrogen-bond donors (Lipinski definition) is 0. The Morgan fingerprint density at radius 2 is 2.10 bits per heavy atom. The third-order valence-electron chi connectivity index (χ3n) is 1.08. The molecule has 54 valence electrons. The number of halogens is 1. The molecule has 0 bridgehead atoms. The van der Waals surface area contributed by atoms with Gasteiger partial charge in [0.15, 0.2) is 0 Å². The molecule has 0 nitrogen and oxygen atoms in total. The van der Waals surface area contributed by atoms with Crippen molar-refractivity contribution in [3.05, 3.63) is 24.8 Å². The first-order valence-electron chi connectivity index (χ1n) is 3.05. The van der Waals surface area contributed by atoms with E-state index >= 15 is 0 Å². The molecule has 0 spiro atoms. The summed E-state index contributed by atoms with van der Waals surface area (Å²) < 4.78 is 0. The molecule has 2 heteroatoms. The summed E-state index contributed by atoms with van der Waals surface area (Å²) in [6, 6.07) is 0. The Hall–Kier alpha value is 0.536. The zero-order chi connectivity index (χ0) is 6.41. The van der Waals surface area contributed by atoms with Crippen LogP contribution in [0.5, 0.6) is 0 Å². The number of rotatable bonds is 4. The van der Waals surface area contributed by atoms with Gasteiger partial charge in [-0.15, -0.1) is 0 Å². The molecule has 0 aliphatic carbocycles. The van der Waals surface area contributed by atoms with Crippen LogP contribution < -0.4 is 12.4 Å². The van der Waals surface area contributed by atoms with Gasteiger partial charge in [-0.25, -0.2) is 11.6 Å². The second-order valence-electron chi connectivity index (χ2n) is 1.88. The normalized spacial score (nSPS) is 6.90. The van der Waals surface area contributed by atoms with E-state index in [-0.39, 0.29) is 35.5 Å². The molecule has 10 heavy (non-hydrogen) atoms. The van der Waals surface area contributed by atoms with Crippen molar-refractivity contribution < 1.29 is 12.4 Å². The predicted molar refractivity (Wildman–Crippen MR) is 43.3 cm³/mol. The molecule has 0 unspecified atom stereocenters. The molecular weight excluding hydrogens is 156 g/mol. The largest absolute Gasteiger partial charge is 2.00 e. The van der Waals surface area contributed by atoms with Crippen LogP contribution >= 0.6 is 0 Å². The summed E-state index contributed by atoms with van der Waals surface area (Å²) in [7, 11) is 0. The molecule has 0 aliphatic rings. The summed E-state index contributed by atoms with van der Waals surface area (Å²) in [5.41, 5.74) is 0.909. The maximum atomic E-state index is 5.46. The second-order valence-corrected chi connectivity index (χ2v) is 1.88. The van der Waals surface area contributed by atoms with Crippen molar-refractivity contribution in [2.45, 2.75) is 26.2 Å². The summed E-state index contributed by atoms with van der Waals surface area (Å²) in [6.07, 6.45) is 5.10. The van der Waals surface area contributed by atoms with Crippen molar-refractivity contribution in [2.75, 3.05) is 0 Å². The van der Waals surface area contributed by atoms with Gasteiger partial charge in [-0.1, -0.05) is 26.2 Å². The first kappa shape index (κ1) is 16.9. The van der Waals surface area contributed by atoms with E-state index in [1.165, 1.54) is 12.8 Å². The fourth-order valence-corrected chi connectivity index (χ4v) is 0.483. The first-order chi connectivity index (χ1) is 3.81. The summed E-state index contributed by atoms with van der Waals surface area (Å²) in [4.78, 5) is 0. The molecule has 0 amide bonds. The molecule has 0 saturated heterocycles. The topological polar surface area (TPSA) is 0 Å². The van der Waals surface area contributed by atoms with Gasteiger partial charge in [-0.3, -0.25) is 6.58 Å². The Morgan fingerprint density at radius 1 is 1.60 bits per heavy atom. The van der Waals surface area contributed by atoms with E-state index in [1.807, 2.05) is 0 Å². The summed E-state index contributed by atoms with van der Waals surface area (Å²) in [5.74, 6) is 0. The zero-order valence-corrected chi connectivity index (χ0v) is 8.74.